The lowest BCUT2D eigenvalue weighted by molar-refractivity contribution is -0.117. The number of thiol groups is 1. The minimum absolute atomic E-state index is 0.0940. The Morgan fingerprint density at radius 2 is 2.28 bits per heavy atom. The normalized spacial score (nSPS) is 19.4. The topological polar surface area (TPSA) is 37.4 Å². The third-order valence-corrected chi connectivity index (χ3v) is 3.62. The molecule has 1 heterocycles. The van der Waals surface area contributed by atoms with Crippen LogP contribution in [0.15, 0.2) is 18.2 Å². The van der Waals surface area contributed by atoms with E-state index in [1.165, 1.54) is 24.0 Å². The zero-order valence-corrected chi connectivity index (χ0v) is 10.9. The van der Waals surface area contributed by atoms with Gasteiger partial charge in [-0.1, -0.05) is 0 Å². The number of hydrogen-bond donors (Lipinski definition) is 1. The lowest BCUT2D eigenvalue weighted by atomic mass is 10.1. The van der Waals surface area contributed by atoms with Gasteiger partial charge in [-0.2, -0.15) is 12.6 Å². The molecule has 3 nitrogen and oxygen atoms in total. The molecule has 1 aromatic carbocycles. The van der Waals surface area contributed by atoms with Crippen molar-refractivity contribution in [2.24, 2.45) is 5.92 Å². The molecule has 0 radical (unpaired) electrons. The molecule has 18 heavy (non-hydrogen) atoms. The van der Waals surface area contributed by atoms with Crippen LogP contribution >= 0.6 is 12.6 Å². The maximum atomic E-state index is 13.9. The van der Waals surface area contributed by atoms with Crippen molar-refractivity contribution in [1.82, 2.24) is 0 Å². The number of benzene rings is 1. The molecule has 5 heteroatoms. The molecule has 0 saturated carbocycles. The molecule has 1 amide bonds. The summed E-state index contributed by atoms with van der Waals surface area (Å²) in [5.74, 6) is -0.0522. The Morgan fingerprint density at radius 1 is 1.56 bits per heavy atom. The summed E-state index contributed by atoms with van der Waals surface area (Å²) in [6.07, 6.45) is 0.400. The summed E-state index contributed by atoms with van der Waals surface area (Å²) in [6, 6.07) is 4.21. The average molecular weight is 267 g/mol. The summed E-state index contributed by atoms with van der Waals surface area (Å²) in [5.41, 5.74) is 0.558. The quantitative estimate of drug-likeness (QED) is 0.674. The Bertz CT molecular complexity index is 504. The highest BCUT2D eigenvalue weighted by molar-refractivity contribution is 7.80. The number of amides is 1. The SMILES string of the molecule is CC(=O)c1ccc(N2CC(CS)CC2=O)c(F)c1. The van der Waals surface area contributed by atoms with Crippen molar-refractivity contribution in [3.8, 4) is 0 Å². The summed E-state index contributed by atoms with van der Waals surface area (Å²) in [4.78, 5) is 24.3. The Hall–Kier alpha value is -1.36. The molecule has 1 atom stereocenters. The van der Waals surface area contributed by atoms with Crippen molar-refractivity contribution >= 4 is 30.0 Å². The molecule has 0 aromatic heterocycles. The minimum Gasteiger partial charge on any atom is -0.309 e. The summed E-state index contributed by atoms with van der Waals surface area (Å²) in [7, 11) is 0. The molecule has 0 N–H and O–H groups in total. The van der Waals surface area contributed by atoms with Crippen LogP contribution in [-0.2, 0) is 4.79 Å². The van der Waals surface area contributed by atoms with Crippen molar-refractivity contribution < 1.29 is 14.0 Å². The molecule has 1 saturated heterocycles. The molecule has 96 valence electrons. The molecular formula is C13H14FNO2S. The fourth-order valence-corrected chi connectivity index (χ4v) is 2.33. The van der Waals surface area contributed by atoms with Gasteiger partial charge in [0, 0.05) is 18.5 Å². The third kappa shape index (κ3) is 2.41. The van der Waals surface area contributed by atoms with E-state index in [0.29, 0.717) is 24.3 Å². The standard InChI is InChI=1S/C13H14FNO2S/c1-8(16)10-2-3-12(11(14)5-10)15-6-9(7-18)4-13(15)17/h2-3,5,9,18H,4,6-7H2,1H3. The van der Waals surface area contributed by atoms with Gasteiger partial charge >= 0.3 is 0 Å². The maximum absolute atomic E-state index is 13.9. The smallest absolute Gasteiger partial charge is 0.227 e. The number of hydrogen-bond acceptors (Lipinski definition) is 3. The van der Waals surface area contributed by atoms with Crippen LogP contribution in [0.3, 0.4) is 0 Å². The number of ketones is 1. The second-order valence-corrected chi connectivity index (χ2v) is 4.84. The van der Waals surface area contributed by atoms with Crippen molar-refractivity contribution in [1.29, 1.82) is 0 Å². The van der Waals surface area contributed by atoms with Crippen molar-refractivity contribution in [3.05, 3.63) is 29.6 Å². The fraction of sp³-hybridized carbons (Fsp3) is 0.385. The van der Waals surface area contributed by atoms with Gasteiger partial charge in [0.2, 0.25) is 5.91 Å². The van der Waals surface area contributed by atoms with Crippen LogP contribution in [0.4, 0.5) is 10.1 Å². The third-order valence-electron chi connectivity index (χ3n) is 3.11. The van der Waals surface area contributed by atoms with Crippen molar-refractivity contribution in [2.45, 2.75) is 13.3 Å². The van der Waals surface area contributed by atoms with Crippen LogP contribution in [-0.4, -0.2) is 24.0 Å². The van der Waals surface area contributed by atoms with Crippen LogP contribution in [0.25, 0.3) is 0 Å². The summed E-state index contributed by atoms with van der Waals surface area (Å²) >= 11 is 4.16. The molecule has 1 aromatic rings. The lowest BCUT2D eigenvalue weighted by Crippen LogP contribution is -2.25. The first kappa shape index (κ1) is 13.1. The number of Topliss-reactive ketones (excluding diaryl/α,β-unsaturated/α-hetero) is 1. The highest BCUT2D eigenvalue weighted by Crippen LogP contribution is 2.28. The number of rotatable bonds is 3. The van der Waals surface area contributed by atoms with E-state index in [1.807, 2.05) is 0 Å². The monoisotopic (exact) mass is 267 g/mol. The second-order valence-electron chi connectivity index (χ2n) is 4.48. The molecule has 1 aliphatic rings. The van der Waals surface area contributed by atoms with E-state index in [2.05, 4.69) is 12.6 Å². The molecule has 1 unspecified atom stereocenters. The van der Waals surface area contributed by atoms with Gasteiger partial charge in [0.05, 0.1) is 5.69 Å². The summed E-state index contributed by atoms with van der Waals surface area (Å²) < 4.78 is 13.9. The van der Waals surface area contributed by atoms with E-state index < -0.39 is 5.82 Å². The number of carbonyl (C=O) groups excluding carboxylic acids is 2. The Balaban J connectivity index is 2.29. The average Bonchev–Trinajstić information content (AvgIpc) is 2.70. The van der Waals surface area contributed by atoms with Gasteiger partial charge in [0.1, 0.15) is 5.82 Å². The van der Waals surface area contributed by atoms with E-state index in [9.17, 15) is 14.0 Å². The molecule has 1 fully saturated rings. The first-order valence-corrected chi connectivity index (χ1v) is 6.38. The van der Waals surface area contributed by atoms with Crippen LogP contribution < -0.4 is 4.90 Å². The number of halogens is 1. The van der Waals surface area contributed by atoms with Crippen LogP contribution in [0, 0.1) is 11.7 Å². The van der Waals surface area contributed by atoms with Gasteiger partial charge in [-0.25, -0.2) is 4.39 Å². The fourth-order valence-electron chi connectivity index (χ4n) is 2.08. The Labute approximate surface area is 110 Å². The molecule has 0 aliphatic carbocycles. The molecule has 0 bridgehead atoms. The minimum atomic E-state index is -0.532. The van der Waals surface area contributed by atoms with Gasteiger partial charge in [0.15, 0.2) is 5.78 Å². The van der Waals surface area contributed by atoms with Gasteiger partial charge in [0.25, 0.3) is 0 Å². The van der Waals surface area contributed by atoms with E-state index in [4.69, 9.17) is 0 Å². The zero-order valence-electron chi connectivity index (χ0n) is 10.0. The molecule has 1 aliphatic heterocycles. The van der Waals surface area contributed by atoms with Crippen LogP contribution in [0.1, 0.15) is 23.7 Å². The predicted molar refractivity (Wildman–Crippen MR) is 70.7 cm³/mol. The van der Waals surface area contributed by atoms with E-state index in [1.54, 1.807) is 6.07 Å². The number of nitrogens with zero attached hydrogens (tertiary/aromatic N) is 1. The molecular weight excluding hydrogens is 253 g/mol. The maximum Gasteiger partial charge on any atom is 0.227 e. The van der Waals surface area contributed by atoms with Gasteiger partial charge in [-0.3, -0.25) is 9.59 Å². The van der Waals surface area contributed by atoms with Gasteiger partial charge in [-0.05, 0) is 36.8 Å². The molecule has 0 spiro atoms. The van der Waals surface area contributed by atoms with Crippen LogP contribution in [0.5, 0.6) is 0 Å². The number of anilines is 1. The van der Waals surface area contributed by atoms with Gasteiger partial charge < -0.3 is 4.90 Å². The predicted octanol–water partition coefficient (Wildman–Crippen LogP) is 2.31. The van der Waals surface area contributed by atoms with Crippen LogP contribution in [0.2, 0.25) is 0 Å². The number of carbonyl (C=O) groups is 2. The summed E-state index contributed by atoms with van der Waals surface area (Å²) in [5, 5.41) is 0. The largest absolute Gasteiger partial charge is 0.309 e. The highest BCUT2D eigenvalue weighted by Gasteiger charge is 2.31. The molecule has 2 rings (SSSR count). The Kier molecular flexibility index (Phi) is 3.71. The van der Waals surface area contributed by atoms with E-state index >= 15 is 0 Å². The van der Waals surface area contributed by atoms with Crippen molar-refractivity contribution in [3.63, 3.8) is 0 Å². The first-order valence-electron chi connectivity index (χ1n) is 5.74. The summed E-state index contributed by atoms with van der Waals surface area (Å²) in [6.45, 7) is 1.87. The van der Waals surface area contributed by atoms with Gasteiger partial charge in [-0.15, -0.1) is 0 Å². The zero-order chi connectivity index (χ0) is 13.3. The first-order chi connectivity index (χ1) is 8.52. The second kappa shape index (κ2) is 5.10. The highest BCUT2D eigenvalue weighted by atomic mass is 32.1. The Morgan fingerprint density at radius 3 is 2.78 bits per heavy atom. The van der Waals surface area contributed by atoms with E-state index in [-0.39, 0.29) is 23.3 Å². The van der Waals surface area contributed by atoms with Crippen molar-refractivity contribution in [2.75, 3.05) is 17.2 Å². The lowest BCUT2D eigenvalue weighted by Gasteiger charge is -2.17. The van der Waals surface area contributed by atoms with E-state index in [0.717, 1.165) is 0 Å².